The molecule has 4 nitrogen and oxygen atoms in total. The van der Waals surface area contributed by atoms with E-state index < -0.39 is 0 Å². The molecule has 0 aromatic heterocycles. The molecule has 0 radical (unpaired) electrons. The van der Waals surface area contributed by atoms with Crippen LogP contribution >= 0.6 is 0 Å². The van der Waals surface area contributed by atoms with Crippen LogP contribution in [0, 0.1) is 13.8 Å². The van der Waals surface area contributed by atoms with E-state index in [1.807, 2.05) is 39.0 Å². The van der Waals surface area contributed by atoms with Crippen LogP contribution < -0.4 is 5.32 Å². The Morgan fingerprint density at radius 3 is 2.43 bits per heavy atom. The Hall–Kier alpha value is -2.75. The molecular formula is C24H31NO3. The maximum absolute atomic E-state index is 12.9. The number of amides is 1. The predicted octanol–water partition coefficient (Wildman–Crippen LogP) is 5.72. The zero-order valence-corrected chi connectivity index (χ0v) is 17.5. The summed E-state index contributed by atoms with van der Waals surface area (Å²) in [6.07, 6.45) is 2.67. The quantitative estimate of drug-likeness (QED) is 0.574. The zero-order chi connectivity index (χ0) is 21.0. The average Bonchev–Trinajstić information content (AvgIpc) is 2.60. The van der Waals surface area contributed by atoms with Gasteiger partial charge in [0.15, 0.2) is 0 Å². The van der Waals surface area contributed by atoms with Crippen molar-refractivity contribution >= 4 is 11.5 Å². The summed E-state index contributed by atoms with van der Waals surface area (Å²) in [5.41, 5.74) is 4.29. The van der Waals surface area contributed by atoms with E-state index in [0.717, 1.165) is 36.0 Å². The molecule has 2 aromatic rings. The number of phenols is 2. The Morgan fingerprint density at radius 2 is 1.86 bits per heavy atom. The minimum Gasteiger partial charge on any atom is -0.507 e. The Kier molecular flexibility index (Phi) is 6.90. The van der Waals surface area contributed by atoms with Gasteiger partial charge >= 0.3 is 0 Å². The molecule has 3 N–H and O–H groups in total. The van der Waals surface area contributed by atoms with E-state index >= 15 is 0 Å². The first kappa shape index (κ1) is 21.5. The van der Waals surface area contributed by atoms with Crippen molar-refractivity contribution in [3.8, 4) is 22.6 Å². The van der Waals surface area contributed by atoms with Gasteiger partial charge in [0.1, 0.15) is 11.5 Å². The number of hydrogen-bond donors (Lipinski definition) is 3. The number of benzene rings is 2. The van der Waals surface area contributed by atoms with E-state index in [0.29, 0.717) is 11.1 Å². The Morgan fingerprint density at radius 1 is 1.18 bits per heavy atom. The monoisotopic (exact) mass is 381 g/mol. The summed E-state index contributed by atoms with van der Waals surface area (Å²) in [6, 6.07) is 7.36. The molecule has 1 atom stereocenters. The molecule has 4 heteroatoms. The lowest BCUT2D eigenvalue weighted by atomic mass is 9.90. The minimum absolute atomic E-state index is 0.0542. The summed E-state index contributed by atoms with van der Waals surface area (Å²) in [6.45, 7) is 13.6. The summed E-state index contributed by atoms with van der Waals surface area (Å²) < 4.78 is 0. The highest BCUT2D eigenvalue weighted by Crippen LogP contribution is 2.44. The highest BCUT2D eigenvalue weighted by Gasteiger charge is 2.24. The van der Waals surface area contributed by atoms with Crippen LogP contribution in [0.1, 0.15) is 67.1 Å². The van der Waals surface area contributed by atoms with E-state index in [1.54, 1.807) is 6.92 Å². The molecular weight excluding hydrogens is 350 g/mol. The molecule has 28 heavy (non-hydrogen) atoms. The largest absolute Gasteiger partial charge is 0.507 e. The number of hydrogen-bond acceptors (Lipinski definition) is 3. The van der Waals surface area contributed by atoms with E-state index in [-0.39, 0.29) is 34.6 Å². The molecule has 0 aliphatic heterocycles. The molecule has 0 heterocycles. The first-order chi connectivity index (χ1) is 13.2. The third-order valence-corrected chi connectivity index (χ3v) is 5.07. The van der Waals surface area contributed by atoms with Crippen molar-refractivity contribution in [2.75, 3.05) is 0 Å². The van der Waals surface area contributed by atoms with Gasteiger partial charge in [-0.2, -0.15) is 0 Å². The molecule has 1 amide bonds. The van der Waals surface area contributed by atoms with Crippen molar-refractivity contribution in [3.63, 3.8) is 0 Å². The first-order valence-electron chi connectivity index (χ1n) is 9.84. The summed E-state index contributed by atoms with van der Waals surface area (Å²) in [5, 5.41) is 24.7. The van der Waals surface area contributed by atoms with Gasteiger partial charge in [-0.05, 0) is 56.4 Å². The van der Waals surface area contributed by atoms with Gasteiger partial charge in [-0.3, -0.25) is 4.79 Å². The second-order valence-electron chi connectivity index (χ2n) is 7.51. The smallest absolute Gasteiger partial charge is 0.255 e. The lowest BCUT2D eigenvalue weighted by Crippen LogP contribution is -2.34. The van der Waals surface area contributed by atoms with E-state index in [9.17, 15) is 15.0 Å². The van der Waals surface area contributed by atoms with Crippen molar-refractivity contribution in [2.24, 2.45) is 0 Å². The second kappa shape index (κ2) is 8.96. The number of carbonyl (C=O) groups excluding carboxylic acids is 1. The molecule has 1 unspecified atom stereocenters. The third kappa shape index (κ3) is 4.38. The van der Waals surface area contributed by atoms with Crippen LogP contribution in [0.2, 0.25) is 0 Å². The number of allylic oxidation sites excluding steroid dienone is 1. The van der Waals surface area contributed by atoms with Crippen molar-refractivity contribution < 1.29 is 15.0 Å². The van der Waals surface area contributed by atoms with Crippen LogP contribution in [0.15, 0.2) is 30.8 Å². The molecule has 2 aromatic carbocycles. The number of aromatic hydroxyl groups is 2. The second-order valence-corrected chi connectivity index (χ2v) is 7.51. The zero-order valence-electron chi connectivity index (χ0n) is 17.5. The summed E-state index contributed by atoms with van der Waals surface area (Å²) >= 11 is 0. The highest BCUT2D eigenvalue weighted by molar-refractivity contribution is 6.02. The van der Waals surface area contributed by atoms with Crippen LogP contribution in [-0.4, -0.2) is 22.2 Å². The van der Waals surface area contributed by atoms with Gasteiger partial charge in [0, 0.05) is 6.04 Å². The molecule has 0 aliphatic carbocycles. The van der Waals surface area contributed by atoms with E-state index in [2.05, 4.69) is 18.8 Å². The Bertz CT molecular complexity index is 899. The maximum Gasteiger partial charge on any atom is 0.255 e. The van der Waals surface area contributed by atoms with Crippen LogP contribution in [0.25, 0.3) is 16.7 Å². The molecule has 0 saturated carbocycles. The minimum atomic E-state index is -0.318. The summed E-state index contributed by atoms with van der Waals surface area (Å²) in [5.74, 6) is -0.573. The van der Waals surface area contributed by atoms with Crippen LogP contribution in [-0.2, 0) is 0 Å². The maximum atomic E-state index is 12.9. The van der Waals surface area contributed by atoms with Gasteiger partial charge in [0.25, 0.3) is 5.91 Å². The molecule has 0 spiro atoms. The fourth-order valence-corrected chi connectivity index (χ4v) is 3.56. The Balaban J connectivity index is 2.64. The van der Waals surface area contributed by atoms with Crippen molar-refractivity contribution in [2.45, 2.75) is 59.9 Å². The van der Waals surface area contributed by atoms with Crippen molar-refractivity contribution in [3.05, 3.63) is 53.1 Å². The number of aryl methyl sites for hydroxylation is 2. The van der Waals surface area contributed by atoms with Crippen molar-refractivity contribution in [1.82, 2.24) is 5.32 Å². The van der Waals surface area contributed by atoms with Gasteiger partial charge in [0.05, 0.1) is 11.1 Å². The van der Waals surface area contributed by atoms with Crippen LogP contribution in [0.3, 0.4) is 0 Å². The van der Waals surface area contributed by atoms with Gasteiger partial charge in [0.2, 0.25) is 0 Å². The first-order valence-corrected chi connectivity index (χ1v) is 9.84. The number of nitrogens with one attached hydrogen (secondary N) is 1. The van der Waals surface area contributed by atoms with Crippen LogP contribution in [0.5, 0.6) is 11.5 Å². The van der Waals surface area contributed by atoms with E-state index in [1.165, 1.54) is 6.07 Å². The Labute approximate surface area is 167 Å². The predicted molar refractivity (Wildman–Crippen MR) is 116 cm³/mol. The summed E-state index contributed by atoms with van der Waals surface area (Å²) in [7, 11) is 0. The van der Waals surface area contributed by atoms with Gasteiger partial charge in [-0.15, -0.1) is 0 Å². The number of rotatable bonds is 7. The van der Waals surface area contributed by atoms with Crippen molar-refractivity contribution in [1.29, 1.82) is 0 Å². The number of phenolic OH excluding ortho intramolecular Hbond substituents is 2. The highest BCUT2D eigenvalue weighted by atomic mass is 16.3. The van der Waals surface area contributed by atoms with E-state index in [4.69, 9.17) is 0 Å². The molecule has 0 fully saturated rings. The molecule has 0 aliphatic rings. The SMILES string of the molecule is C=C(C)c1ccc(C)cc1-c1c(O)cc(C)c(C(=O)NC(CC)CCC)c1O. The lowest BCUT2D eigenvalue weighted by Gasteiger charge is -2.20. The summed E-state index contributed by atoms with van der Waals surface area (Å²) in [4.78, 5) is 12.9. The normalized spacial score (nSPS) is 11.9. The van der Waals surface area contributed by atoms with Crippen LogP contribution in [0.4, 0.5) is 0 Å². The molecule has 2 rings (SSSR count). The fourth-order valence-electron chi connectivity index (χ4n) is 3.56. The topological polar surface area (TPSA) is 69.6 Å². The van der Waals surface area contributed by atoms with Gasteiger partial charge in [-0.1, -0.05) is 56.2 Å². The average molecular weight is 382 g/mol. The standard InChI is InChI=1S/C24H31NO3/c1-7-9-17(8-2)25-24(28)21-16(6)13-20(26)22(23(21)27)19-12-15(5)10-11-18(19)14(3)4/h10-13,17,26-27H,3,7-9H2,1-2,4-6H3,(H,25,28). The molecule has 150 valence electrons. The lowest BCUT2D eigenvalue weighted by molar-refractivity contribution is 0.0930. The van der Waals surface area contributed by atoms with Gasteiger partial charge in [-0.25, -0.2) is 0 Å². The fraction of sp³-hybridized carbons (Fsp3) is 0.375. The van der Waals surface area contributed by atoms with Gasteiger partial charge < -0.3 is 15.5 Å². The third-order valence-electron chi connectivity index (χ3n) is 5.07. The molecule has 0 saturated heterocycles. The number of carbonyl (C=O) groups is 1. The molecule has 0 bridgehead atoms.